The van der Waals surface area contributed by atoms with Gasteiger partial charge in [-0.05, 0) is 45.3 Å². The summed E-state index contributed by atoms with van der Waals surface area (Å²) in [6, 6.07) is 2.09. The van der Waals surface area contributed by atoms with Crippen LogP contribution in [0.15, 0.2) is 16.7 Å². The first-order chi connectivity index (χ1) is 8.65. The summed E-state index contributed by atoms with van der Waals surface area (Å²) in [7, 11) is 4.29. The zero-order valence-electron chi connectivity index (χ0n) is 12.0. The third-order valence-electron chi connectivity index (χ3n) is 4.23. The maximum Gasteiger partial charge on any atom is 0.105 e. The Morgan fingerprint density at radius 2 is 2.11 bits per heavy atom. The van der Waals surface area contributed by atoms with E-state index in [2.05, 4.69) is 30.4 Å². The quantitative estimate of drug-likeness (QED) is 0.841. The van der Waals surface area contributed by atoms with E-state index < -0.39 is 0 Å². The molecule has 1 N–H and O–H groups in total. The van der Waals surface area contributed by atoms with E-state index in [1.165, 1.54) is 37.8 Å². The summed E-state index contributed by atoms with van der Waals surface area (Å²) in [4.78, 5) is 2.44. The molecule has 0 spiro atoms. The van der Waals surface area contributed by atoms with Gasteiger partial charge in [0.05, 0.1) is 6.26 Å². The first-order valence-electron chi connectivity index (χ1n) is 7.01. The van der Waals surface area contributed by atoms with Crippen LogP contribution in [0.25, 0.3) is 0 Å². The van der Waals surface area contributed by atoms with E-state index in [-0.39, 0.29) is 0 Å². The van der Waals surface area contributed by atoms with Crippen LogP contribution >= 0.6 is 0 Å². The molecule has 0 radical (unpaired) electrons. The SMILES string of the molecule is CNCC1(CN(C)Cc2ccoc2C)CCCC1. The zero-order chi connectivity index (χ0) is 13.0. The van der Waals surface area contributed by atoms with Crippen LogP contribution in [0.2, 0.25) is 0 Å². The summed E-state index contributed by atoms with van der Waals surface area (Å²) < 4.78 is 5.37. The summed E-state index contributed by atoms with van der Waals surface area (Å²) in [5.74, 6) is 1.05. The fraction of sp³-hybridized carbons (Fsp3) is 0.733. The van der Waals surface area contributed by atoms with Crippen LogP contribution in [0.5, 0.6) is 0 Å². The van der Waals surface area contributed by atoms with Gasteiger partial charge in [-0.25, -0.2) is 0 Å². The van der Waals surface area contributed by atoms with E-state index >= 15 is 0 Å². The smallest absolute Gasteiger partial charge is 0.105 e. The van der Waals surface area contributed by atoms with Crippen molar-refractivity contribution in [3.8, 4) is 0 Å². The van der Waals surface area contributed by atoms with Crippen LogP contribution in [0.1, 0.15) is 37.0 Å². The molecule has 0 atom stereocenters. The normalized spacial score (nSPS) is 18.7. The fourth-order valence-corrected chi connectivity index (χ4v) is 3.39. The van der Waals surface area contributed by atoms with Crippen molar-refractivity contribution in [2.75, 3.05) is 27.2 Å². The second-order valence-electron chi connectivity index (χ2n) is 5.91. The highest BCUT2D eigenvalue weighted by molar-refractivity contribution is 5.15. The molecule has 3 nitrogen and oxygen atoms in total. The molecule has 3 heteroatoms. The molecular formula is C15H26N2O. The predicted octanol–water partition coefficient (Wildman–Crippen LogP) is 2.80. The van der Waals surface area contributed by atoms with Gasteiger partial charge in [0.15, 0.2) is 0 Å². The molecule has 0 bridgehead atoms. The number of nitrogens with one attached hydrogen (secondary N) is 1. The van der Waals surface area contributed by atoms with E-state index in [4.69, 9.17) is 4.42 Å². The molecule has 1 fully saturated rings. The van der Waals surface area contributed by atoms with Gasteiger partial charge >= 0.3 is 0 Å². The third-order valence-corrected chi connectivity index (χ3v) is 4.23. The third kappa shape index (κ3) is 3.15. The lowest BCUT2D eigenvalue weighted by Crippen LogP contribution is -2.40. The van der Waals surface area contributed by atoms with Gasteiger partial charge in [0.1, 0.15) is 5.76 Å². The van der Waals surface area contributed by atoms with Crippen LogP contribution in [0.3, 0.4) is 0 Å². The molecule has 0 saturated heterocycles. The van der Waals surface area contributed by atoms with Crippen LogP contribution in [0.4, 0.5) is 0 Å². The number of hydrogen-bond acceptors (Lipinski definition) is 3. The number of rotatable bonds is 6. The van der Waals surface area contributed by atoms with Crippen molar-refractivity contribution >= 4 is 0 Å². The Kier molecular flexibility index (Phi) is 4.46. The molecule has 1 aromatic heterocycles. The van der Waals surface area contributed by atoms with Gasteiger partial charge in [-0.2, -0.15) is 0 Å². The van der Waals surface area contributed by atoms with Crippen LogP contribution in [-0.4, -0.2) is 32.1 Å². The molecule has 1 aromatic rings. The topological polar surface area (TPSA) is 28.4 Å². The first kappa shape index (κ1) is 13.6. The van der Waals surface area contributed by atoms with E-state index in [1.54, 1.807) is 6.26 Å². The summed E-state index contributed by atoms with van der Waals surface area (Å²) >= 11 is 0. The molecule has 1 aliphatic carbocycles. The summed E-state index contributed by atoms with van der Waals surface area (Å²) in [6.45, 7) is 5.36. The number of hydrogen-bond donors (Lipinski definition) is 1. The maximum atomic E-state index is 5.37. The molecule has 0 aliphatic heterocycles. The minimum atomic E-state index is 0.487. The van der Waals surface area contributed by atoms with Crippen molar-refractivity contribution in [2.24, 2.45) is 5.41 Å². The lowest BCUT2D eigenvalue weighted by molar-refractivity contribution is 0.170. The number of furan rings is 1. The van der Waals surface area contributed by atoms with Crippen LogP contribution < -0.4 is 5.32 Å². The van der Waals surface area contributed by atoms with Gasteiger partial charge in [-0.15, -0.1) is 0 Å². The number of aryl methyl sites for hydroxylation is 1. The van der Waals surface area contributed by atoms with Crippen molar-refractivity contribution in [3.63, 3.8) is 0 Å². The lowest BCUT2D eigenvalue weighted by Gasteiger charge is -2.33. The Bertz CT molecular complexity index is 366. The van der Waals surface area contributed by atoms with Crippen molar-refractivity contribution in [3.05, 3.63) is 23.7 Å². The lowest BCUT2D eigenvalue weighted by atomic mass is 9.85. The largest absolute Gasteiger partial charge is 0.469 e. The van der Waals surface area contributed by atoms with Crippen molar-refractivity contribution in [2.45, 2.75) is 39.2 Å². The summed E-state index contributed by atoms with van der Waals surface area (Å²) in [6.07, 6.45) is 7.29. The summed E-state index contributed by atoms with van der Waals surface area (Å²) in [5.41, 5.74) is 1.80. The van der Waals surface area contributed by atoms with Crippen LogP contribution in [0, 0.1) is 12.3 Å². The van der Waals surface area contributed by atoms with Crippen molar-refractivity contribution in [1.29, 1.82) is 0 Å². The minimum Gasteiger partial charge on any atom is -0.469 e. The average molecular weight is 250 g/mol. The van der Waals surface area contributed by atoms with Gasteiger partial charge in [0.25, 0.3) is 0 Å². The number of nitrogens with zero attached hydrogens (tertiary/aromatic N) is 1. The molecular weight excluding hydrogens is 224 g/mol. The standard InChI is InChI=1S/C15H26N2O/c1-13-14(6-9-18-13)10-17(3)12-15(11-16-2)7-4-5-8-15/h6,9,16H,4-5,7-8,10-12H2,1-3H3. The van der Waals surface area contributed by atoms with E-state index in [9.17, 15) is 0 Å². The zero-order valence-corrected chi connectivity index (χ0v) is 12.0. The Morgan fingerprint density at radius 1 is 1.39 bits per heavy atom. The molecule has 1 saturated carbocycles. The van der Waals surface area contributed by atoms with E-state index in [0.29, 0.717) is 5.41 Å². The predicted molar refractivity (Wildman–Crippen MR) is 74.6 cm³/mol. The Labute approximate surface area is 111 Å². The van der Waals surface area contributed by atoms with Crippen molar-refractivity contribution < 1.29 is 4.42 Å². The average Bonchev–Trinajstić information content (AvgIpc) is 2.90. The summed E-state index contributed by atoms with van der Waals surface area (Å²) in [5, 5.41) is 3.38. The minimum absolute atomic E-state index is 0.487. The van der Waals surface area contributed by atoms with Gasteiger partial charge < -0.3 is 14.6 Å². The first-order valence-corrected chi connectivity index (χ1v) is 7.01. The molecule has 1 aliphatic rings. The van der Waals surface area contributed by atoms with Gasteiger partial charge in [0.2, 0.25) is 0 Å². The molecule has 0 unspecified atom stereocenters. The second kappa shape index (κ2) is 5.89. The Morgan fingerprint density at radius 3 is 2.67 bits per heavy atom. The molecule has 18 heavy (non-hydrogen) atoms. The van der Waals surface area contributed by atoms with Gasteiger partial charge in [0, 0.05) is 25.2 Å². The second-order valence-corrected chi connectivity index (χ2v) is 5.91. The Balaban J connectivity index is 1.93. The van der Waals surface area contributed by atoms with Crippen molar-refractivity contribution in [1.82, 2.24) is 10.2 Å². The molecule has 2 rings (SSSR count). The van der Waals surface area contributed by atoms with E-state index in [0.717, 1.165) is 18.8 Å². The molecule has 102 valence electrons. The van der Waals surface area contributed by atoms with Gasteiger partial charge in [-0.1, -0.05) is 12.8 Å². The van der Waals surface area contributed by atoms with Gasteiger partial charge in [-0.3, -0.25) is 0 Å². The highest BCUT2D eigenvalue weighted by Gasteiger charge is 2.34. The van der Waals surface area contributed by atoms with Crippen LogP contribution in [-0.2, 0) is 6.54 Å². The fourth-order valence-electron chi connectivity index (χ4n) is 3.39. The highest BCUT2D eigenvalue weighted by Crippen LogP contribution is 2.38. The molecule has 1 heterocycles. The highest BCUT2D eigenvalue weighted by atomic mass is 16.3. The van der Waals surface area contributed by atoms with E-state index in [1.807, 2.05) is 6.92 Å². The maximum absolute atomic E-state index is 5.37. The molecule has 0 aromatic carbocycles. The monoisotopic (exact) mass is 250 g/mol. The molecule has 0 amide bonds. The Hall–Kier alpha value is -0.800.